The Balaban J connectivity index is 1.54. The maximum absolute atomic E-state index is 12.7. The molecule has 0 saturated heterocycles. The van der Waals surface area contributed by atoms with Crippen LogP contribution in [0.3, 0.4) is 0 Å². The minimum atomic E-state index is -0.404. The number of ether oxygens (including phenoxy) is 2. The second-order valence-electron chi connectivity index (χ2n) is 7.45. The molecule has 0 atom stereocenters. The number of nitrogens with one attached hydrogen (secondary N) is 1. The number of rotatable bonds is 9. The molecule has 0 radical (unpaired) electrons. The minimum absolute atomic E-state index is 0.0945. The van der Waals surface area contributed by atoms with Crippen LogP contribution in [0.4, 0.5) is 5.69 Å². The van der Waals surface area contributed by atoms with Gasteiger partial charge in [-0.05, 0) is 67.6 Å². The van der Waals surface area contributed by atoms with E-state index in [1.165, 1.54) is 11.8 Å². The quantitative estimate of drug-likeness (QED) is 0.229. The molecule has 4 rings (SSSR count). The standard InChI is InChI=1S/C26H23ClN4O4S/c1-3-35-25(33)17-8-12-19(13-9-17)28-23(32)16-36-26-30-29-24(21-6-4-5-7-22(21)34-2)31(26)20-14-10-18(27)11-15-20/h4-15H,3,16H2,1-2H3,(H,28,32). The number of esters is 1. The molecule has 1 heterocycles. The number of carbonyl (C=O) groups excluding carboxylic acids is 2. The molecule has 1 aromatic heterocycles. The summed E-state index contributed by atoms with van der Waals surface area (Å²) in [7, 11) is 1.60. The summed E-state index contributed by atoms with van der Waals surface area (Å²) < 4.78 is 12.4. The Morgan fingerprint density at radius 3 is 2.42 bits per heavy atom. The first-order valence-electron chi connectivity index (χ1n) is 11.0. The van der Waals surface area contributed by atoms with Gasteiger partial charge in [-0.15, -0.1) is 10.2 Å². The van der Waals surface area contributed by atoms with Crippen LogP contribution in [0.5, 0.6) is 5.75 Å². The smallest absolute Gasteiger partial charge is 0.338 e. The van der Waals surface area contributed by atoms with Crippen molar-refractivity contribution in [2.75, 3.05) is 24.8 Å². The SMILES string of the molecule is CCOC(=O)c1ccc(NC(=O)CSc2nnc(-c3ccccc3OC)n2-c2ccc(Cl)cc2)cc1. The third-order valence-electron chi connectivity index (χ3n) is 5.08. The van der Waals surface area contributed by atoms with Gasteiger partial charge in [-0.3, -0.25) is 9.36 Å². The molecule has 1 N–H and O–H groups in total. The summed E-state index contributed by atoms with van der Waals surface area (Å²) in [6.07, 6.45) is 0. The van der Waals surface area contributed by atoms with Gasteiger partial charge in [0, 0.05) is 16.4 Å². The van der Waals surface area contributed by atoms with Crippen LogP contribution in [0.25, 0.3) is 17.1 Å². The molecule has 36 heavy (non-hydrogen) atoms. The van der Waals surface area contributed by atoms with Crippen molar-refractivity contribution in [3.8, 4) is 22.8 Å². The first-order chi connectivity index (χ1) is 17.5. The van der Waals surface area contributed by atoms with E-state index in [0.29, 0.717) is 39.6 Å². The molecule has 0 aliphatic rings. The maximum atomic E-state index is 12.7. The minimum Gasteiger partial charge on any atom is -0.496 e. The molecular weight excluding hydrogens is 500 g/mol. The number of halogens is 1. The summed E-state index contributed by atoms with van der Waals surface area (Å²) in [6.45, 7) is 2.05. The number of aromatic nitrogens is 3. The second-order valence-corrected chi connectivity index (χ2v) is 8.83. The van der Waals surface area contributed by atoms with Crippen LogP contribution >= 0.6 is 23.4 Å². The molecule has 4 aromatic rings. The van der Waals surface area contributed by atoms with Crippen LogP contribution in [0, 0.1) is 0 Å². The predicted octanol–water partition coefficient (Wildman–Crippen LogP) is 5.50. The van der Waals surface area contributed by atoms with E-state index in [4.69, 9.17) is 21.1 Å². The van der Waals surface area contributed by atoms with E-state index < -0.39 is 5.97 Å². The molecule has 0 fully saturated rings. The fraction of sp³-hybridized carbons (Fsp3) is 0.154. The summed E-state index contributed by atoms with van der Waals surface area (Å²) in [5, 5.41) is 12.7. The zero-order valence-electron chi connectivity index (χ0n) is 19.6. The highest BCUT2D eigenvalue weighted by atomic mass is 35.5. The topological polar surface area (TPSA) is 95.3 Å². The lowest BCUT2D eigenvalue weighted by molar-refractivity contribution is -0.113. The normalized spacial score (nSPS) is 10.6. The number of hydrogen-bond acceptors (Lipinski definition) is 7. The number of para-hydroxylation sites is 1. The van der Waals surface area contributed by atoms with Crippen molar-refractivity contribution in [3.63, 3.8) is 0 Å². The zero-order chi connectivity index (χ0) is 25.5. The van der Waals surface area contributed by atoms with Gasteiger partial charge in [-0.1, -0.05) is 35.5 Å². The molecular formula is C26H23ClN4O4S. The molecule has 184 valence electrons. The van der Waals surface area contributed by atoms with Crippen molar-refractivity contribution in [3.05, 3.63) is 83.4 Å². The number of methoxy groups -OCH3 is 1. The van der Waals surface area contributed by atoms with Gasteiger partial charge in [0.2, 0.25) is 5.91 Å². The highest BCUT2D eigenvalue weighted by Crippen LogP contribution is 2.33. The van der Waals surface area contributed by atoms with Crippen molar-refractivity contribution in [1.29, 1.82) is 0 Å². The van der Waals surface area contributed by atoms with Crippen LogP contribution in [0.15, 0.2) is 78.0 Å². The Hall–Kier alpha value is -3.82. The largest absolute Gasteiger partial charge is 0.496 e. The molecule has 8 nitrogen and oxygen atoms in total. The van der Waals surface area contributed by atoms with Gasteiger partial charge in [-0.2, -0.15) is 0 Å². The number of amides is 1. The van der Waals surface area contributed by atoms with E-state index in [1.807, 2.05) is 41.0 Å². The molecule has 3 aromatic carbocycles. The van der Waals surface area contributed by atoms with Gasteiger partial charge < -0.3 is 14.8 Å². The van der Waals surface area contributed by atoms with Crippen molar-refractivity contribution in [2.24, 2.45) is 0 Å². The Kier molecular flexibility index (Phi) is 8.24. The molecule has 0 saturated carbocycles. The molecule has 0 aliphatic carbocycles. The number of hydrogen-bond donors (Lipinski definition) is 1. The summed E-state index contributed by atoms with van der Waals surface area (Å²) in [5.41, 5.74) is 2.55. The van der Waals surface area contributed by atoms with Crippen LogP contribution in [0.2, 0.25) is 5.02 Å². The summed E-state index contributed by atoms with van der Waals surface area (Å²) in [5.74, 6) is 0.691. The fourth-order valence-corrected chi connectivity index (χ4v) is 4.30. The monoisotopic (exact) mass is 522 g/mol. The van der Waals surface area contributed by atoms with E-state index in [-0.39, 0.29) is 11.7 Å². The summed E-state index contributed by atoms with van der Waals surface area (Å²) >= 11 is 7.34. The first kappa shape index (κ1) is 25.3. The number of thioether (sulfide) groups is 1. The average molecular weight is 523 g/mol. The Bertz CT molecular complexity index is 1360. The first-order valence-corrected chi connectivity index (χ1v) is 12.4. The summed E-state index contributed by atoms with van der Waals surface area (Å²) in [4.78, 5) is 24.5. The van der Waals surface area contributed by atoms with Gasteiger partial charge in [0.1, 0.15) is 5.75 Å². The average Bonchev–Trinajstić information content (AvgIpc) is 3.32. The molecule has 0 spiro atoms. The summed E-state index contributed by atoms with van der Waals surface area (Å²) in [6, 6.07) is 21.3. The van der Waals surface area contributed by atoms with Gasteiger partial charge >= 0.3 is 5.97 Å². The van der Waals surface area contributed by atoms with E-state index in [9.17, 15) is 9.59 Å². The van der Waals surface area contributed by atoms with Gasteiger partial charge in [0.15, 0.2) is 11.0 Å². The molecule has 1 amide bonds. The van der Waals surface area contributed by atoms with E-state index in [2.05, 4.69) is 15.5 Å². The Morgan fingerprint density at radius 1 is 1.00 bits per heavy atom. The fourth-order valence-electron chi connectivity index (χ4n) is 3.42. The molecule has 0 unspecified atom stereocenters. The van der Waals surface area contributed by atoms with Crippen molar-refractivity contribution in [2.45, 2.75) is 12.1 Å². The van der Waals surface area contributed by atoms with E-state index in [1.54, 1.807) is 50.4 Å². The number of benzene rings is 3. The third-order valence-corrected chi connectivity index (χ3v) is 6.26. The predicted molar refractivity (Wildman–Crippen MR) is 140 cm³/mol. The maximum Gasteiger partial charge on any atom is 0.338 e. The van der Waals surface area contributed by atoms with Crippen molar-refractivity contribution in [1.82, 2.24) is 14.8 Å². The third kappa shape index (κ3) is 5.87. The lowest BCUT2D eigenvalue weighted by Crippen LogP contribution is -2.15. The Morgan fingerprint density at radius 2 is 1.72 bits per heavy atom. The highest BCUT2D eigenvalue weighted by molar-refractivity contribution is 7.99. The van der Waals surface area contributed by atoms with Crippen LogP contribution in [-0.4, -0.2) is 46.1 Å². The second kappa shape index (κ2) is 11.7. The van der Waals surface area contributed by atoms with Crippen molar-refractivity contribution < 1.29 is 19.1 Å². The number of nitrogens with zero attached hydrogens (tertiary/aromatic N) is 3. The molecule has 0 bridgehead atoms. The lowest BCUT2D eigenvalue weighted by atomic mass is 10.2. The van der Waals surface area contributed by atoms with Gasteiger partial charge in [0.05, 0.1) is 30.6 Å². The van der Waals surface area contributed by atoms with E-state index >= 15 is 0 Å². The van der Waals surface area contributed by atoms with Gasteiger partial charge in [-0.25, -0.2) is 4.79 Å². The van der Waals surface area contributed by atoms with Crippen LogP contribution in [-0.2, 0) is 9.53 Å². The van der Waals surface area contributed by atoms with E-state index in [0.717, 1.165) is 11.3 Å². The van der Waals surface area contributed by atoms with Crippen molar-refractivity contribution >= 4 is 40.9 Å². The van der Waals surface area contributed by atoms with Crippen LogP contribution < -0.4 is 10.1 Å². The molecule has 10 heteroatoms. The highest BCUT2D eigenvalue weighted by Gasteiger charge is 2.20. The molecule has 0 aliphatic heterocycles. The lowest BCUT2D eigenvalue weighted by Gasteiger charge is -2.12. The van der Waals surface area contributed by atoms with Crippen LogP contribution in [0.1, 0.15) is 17.3 Å². The number of carbonyl (C=O) groups is 2. The zero-order valence-corrected chi connectivity index (χ0v) is 21.2. The number of anilines is 1. The Labute approximate surface area is 217 Å². The van der Waals surface area contributed by atoms with Gasteiger partial charge in [0.25, 0.3) is 0 Å².